The highest BCUT2D eigenvalue weighted by Gasteiger charge is 2.12. The number of nitrogens with zero attached hydrogens (tertiary/aromatic N) is 2. The number of hydrogen-bond acceptors (Lipinski definition) is 1. The van der Waals surface area contributed by atoms with Crippen LogP contribution in [-0.2, 0) is 0 Å². The molecule has 3 nitrogen and oxygen atoms in total. The number of hydrogen-bond donors (Lipinski definition) is 1. The Morgan fingerprint density at radius 1 is 1.15 bits per heavy atom. The monoisotopic (exact) mass is 263 g/mol. The summed E-state index contributed by atoms with van der Waals surface area (Å²) in [6, 6.07) is 10.4. The predicted molar refractivity (Wildman–Crippen MR) is 83.3 cm³/mol. The van der Waals surface area contributed by atoms with Crippen LogP contribution in [0.3, 0.4) is 0 Å². The van der Waals surface area contributed by atoms with E-state index in [2.05, 4.69) is 29.8 Å². The molecule has 0 aliphatic rings. The fraction of sp³-hybridized carbons (Fsp3) is 0.118. The van der Waals surface area contributed by atoms with Gasteiger partial charge in [0.1, 0.15) is 0 Å². The van der Waals surface area contributed by atoms with Gasteiger partial charge >= 0.3 is 0 Å². The van der Waals surface area contributed by atoms with Crippen LogP contribution in [0.2, 0.25) is 0 Å². The molecule has 3 aromatic heterocycles. The Morgan fingerprint density at radius 3 is 2.65 bits per heavy atom. The van der Waals surface area contributed by atoms with E-state index >= 15 is 0 Å². The average molecular weight is 263 g/mol. The van der Waals surface area contributed by atoms with Gasteiger partial charge in [-0.3, -0.25) is 4.98 Å². The van der Waals surface area contributed by atoms with Gasteiger partial charge in [0.05, 0.1) is 5.69 Å². The lowest BCUT2D eigenvalue weighted by molar-refractivity contribution is 1.10. The maximum Gasteiger partial charge on any atom is 0.0540 e. The third-order valence-corrected chi connectivity index (χ3v) is 3.54. The molecule has 0 amide bonds. The van der Waals surface area contributed by atoms with Gasteiger partial charge in [-0.15, -0.1) is 0 Å². The van der Waals surface area contributed by atoms with E-state index in [1.54, 1.807) is 0 Å². The molecule has 0 unspecified atom stereocenters. The van der Waals surface area contributed by atoms with E-state index in [1.165, 1.54) is 0 Å². The van der Waals surface area contributed by atoms with Crippen molar-refractivity contribution < 1.29 is 0 Å². The van der Waals surface area contributed by atoms with Gasteiger partial charge in [0.2, 0.25) is 0 Å². The Bertz CT molecular complexity index is 749. The maximum absolute atomic E-state index is 4.69. The normalized spacial score (nSPS) is 10.7. The smallest absolute Gasteiger partial charge is 0.0540 e. The van der Waals surface area contributed by atoms with Crippen LogP contribution in [0.1, 0.15) is 11.4 Å². The van der Waals surface area contributed by atoms with E-state index < -0.39 is 0 Å². The van der Waals surface area contributed by atoms with Crippen molar-refractivity contribution in [1.82, 2.24) is 14.5 Å². The number of rotatable bonds is 3. The van der Waals surface area contributed by atoms with Crippen LogP contribution in [0.5, 0.6) is 0 Å². The summed E-state index contributed by atoms with van der Waals surface area (Å²) in [5.41, 5.74) is 6.52. The molecule has 1 N–H and O–H groups in total. The zero-order valence-corrected chi connectivity index (χ0v) is 11.7. The van der Waals surface area contributed by atoms with Crippen LogP contribution in [0.25, 0.3) is 28.7 Å². The third-order valence-electron chi connectivity index (χ3n) is 3.54. The predicted octanol–water partition coefficient (Wildman–Crippen LogP) is 4.26. The van der Waals surface area contributed by atoms with Crippen LogP contribution in [0.4, 0.5) is 0 Å². The van der Waals surface area contributed by atoms with Crippen LogP contribution in [-0.4, -0.2) is 14.5 Å². The van der Waals surface area contributed by atoms with Gasteiger partial charge in [-0.1, -0.05) is 6.58 Å². The Kier molecular flexibility index (Phi) is 3.03. The largest absolute Gasteiger partial charge is 0.361 e. The lowest BCUT2D eigenvalue weighted by Crippen LogP contribution is -1.97. The minimum absolute atomic E-state index is 1.03. The fourth-order valence-corrected chi connectivity index (χ4v) is 2.54. The second kappa shape index (κ2) is 4.85. The molecule has 3 heterocycles. The Hall–Kier alpha value is -2.55. The van der Waals surface area contributed by atoms with Crippen molar-refractivity contribution in [2.24, 2.45) is 0 Å². The summed E-state index contributed by atoms with van der Waals surface area (Å²) in [4.78, 5) is 7.94. The molecule has 0 radical (unpaired) electrons. The highest BCUT2D eigenvalue weighted by molar-refractivity contribution is 5.73. The molecule has 0 fully saturated rings. The second-order valence-electron chi connectivity index (χ2n) is 4.82. The molecule has 0 bridgehead atoms. The third kappa shape index (κ3) is 1.97. The Morgan fingerprint density at radius 2 is 1.95 bits per heavy atom. The van der Waals surface area contributed by atoms with Gasteiger partial charge in [0.15, 0.2) is 0 Å². The SMILES string of the molecule is C=Cn1cccc1-c1cc(-c2ccc[nH]2)c(C)nc1C. The molecular formula is C17H17N3. The van der Waals surface area contributed by atoms with E-state index in [-0.39, 0.29) is 0 Å². The molecule has 0 aliphatic heterocycles. The quantitative estimate of drug-likeness (QED) is 0.752. The zero-order valence-electron chi connectivity index (χ0n) is 11.7. The minimum Gasteiger partial charge on any atom is -0.361 e. The summed E-state index contributed by atoms with van der Waals surface area (Å²) in [7, 11) is 0. The van der Waals surface area contributed by atoms with Crippen molar-refractivity contribution in [3.63, 3.8) is 0 Å². The van der Waals surface area contributed by atoms with Gasteiger partial charge in [0.25, 0.3) is 0 Å². The first kappa shape index (κ1) is 12.5. The number of nitrogens with one attached hydrogen (secondary N) is 1. The molecule has 20 heavy (non-hydrogen) atoms. The molecule has 3 heteroatoms. The average Bonchev–Trinajstić information content (AvgIpc) is 3.09. The van der Waals surface area contributed by atoms with Crippen molar-refractivity contribution in [3.05, 3.63) is 60.7 Å². The first-order valence-electron chi connectivity index (χ1n) is 6.62. The molecule has 100 valence electrons. The number of aromatic amines is 1. The van der Waals surface area contributed by atoms with E-state index in [9.17, 15) is 0 Å². The Balaban J connectivity index is 2.22. The molecule has 0 saturated heterocycles. The molecule has 3 rings (SSSR count). The van der Waals surface area contributed by atoms with Crippen LogP contribution >= 0.6 is 0 Å². The first-order valence-corrected chi connectivity index (χ1v) is 6.62. The second-order valence-corrected chi connectivity index (χ2v) is 4.82. The van der Waals surface area contributed by atoms with Gasteiger partial charge < -0.3 is 9.55 Å². The molecule has 0 aliphatic carbocycles. The van der Waals surface area contributed by atoms with Crippen molar-refractivity contribution in [3.8, 4) is 22.5 Å². The summed E-state index contributed by atoms with van der Waals surface area (Å²) >= 11 is 0. The number of aryl methyl sites for hydroxylation is 2. The molecular weight excluding hydrogens is 246 g/mol. The van der Waals surface area contributed by atoms with Crippen molar-refractivity contribution in [2.45, 2.75) is 13.8 Å². The van der Waals surface area contributed by atoms with Crippen LogP contribution in [0, 0.1) is 13.8 Å². The van der Waals surface area contributed by atoms with Crippen molar-refractivity contribution in [2.75, 3.05) is 0 Å². The van der Waals surface area contributed by atoms with Crippen molar-refractivity contribution >= 4 is 6.20 Å². The van der Waals surface area contributed by atoms with Crippen LogP contribution in [0.15, 0.2) is 49.3 Å². The van der Waals surface area contributed by atoms with Crippen LogP contribution < -0.4 is 0 Å². The van der Waals surface area contributed by atoms with Gasteiger partial charge in [-0.2, -0.15) is 0 Å². The minimum atomic E-state index is 1.03. The van der Waals surface area contributed by atoms with E-state index in [0.29, 0.717) is 0 Å². The fourth-order valence-electron chi connectivity index (χ4n) is 2.54. The van der Waals surface area contributed by atoms with Gasteiger partial charge in [-0.05, 0) is 44.2 Å². The zero-order chi connectivity index (χ0) is 14.1. The molecule has 0 spiro atoms. The Labute approximate surface area is 118 Å². The number of pyridine rings is 1. The number of aromatic nitrogens is 3. The lowest BCUT2D eigenvalue weighted by atomic mass is 10.0. The topological polar surface area (TPSA) is 33.6 Å². The maximum atomic E-state index is 4.69. The summed E-state index contributed by atoms with van der Waals surface area (Å²) in [5, 5.41) is 0. The summed E-state index contributed by atoms with van der Waals surface area (Å²) in [5.74, 6) is 0. The van der Waals surface area contributed by atoms with E-state index in [4.69, 9.17) is 4.98 Å². The number of H-pyrrole nitrogens is 1. The lowest BCUT2D eigenvalue weighted by Gasteiger charge is -2.12. The molecule has 0 atom stereocenters. The molecule has 3 aromatic rings. The van der Waals surface area contributed by atoms with Gasteiger partial charge in [0, 0.05) is 46.8 Å². The van der Waals surface area contributed by atoms with Gasteiger partial charge in [-0.25, -0.2) is 0 Å². The van der Waals surface area contributed by atoms with E-state index in [0.717, 1.165) is 33.9 Å². The first-order chi connectivity index (χ1) is 9.70. The molecule has 0 saturated carbocycles. The van der Waals surface area contributed by atoms with Crippen molar-refractivity contribution in [1.29, 1.82) is 0 Å². The highest BCUT2D eigenvalue weighted by Crippen LogP contribution is 2.30. The standard InChI is InChI=1S/C17H17N3/c1-4-20-10-6-8-17(20)15-11-14(12(2)19-13(15)3)16-7-5-9-18-16/h4-11,18H,1H2,2-3H3. The summed E-state index contributed by atoms with van der Waals surface area (Å²) < 4.78 is 2.01. The summed E-state index contributed by atoms with van der Waals surface area (Å²) in [6.45, 7) is 7.93. The summed E-state index contributed by atoms with van der Waals surface area (Å²) in [6.07, 6.45) is 5.74. The molecule has 0 aromatic carbocycles. The van der Waals surface area contributed by atoms with E-state index in [1.807, 2.05) is 49.1 Å². The highest BCUT2D eigenvalue weighted by atomic mass is 14.9.